The largest absolute Gasteiger partial charge is 0.466 e. The summed E-state index contributed by atoms with van der Waals surface area (Å²) in [7, 11) is 0. The minimum absolute atomic E-state index is 0.150. The summed E-state index contributed by atoms with van der Waals surface area (Å²) < 4.78 is 5.34. The van der Waals surface area contributed by atoms with Crippen LogP contribution in [0, 0.1) is 40.4 Å². The maximum Gasteiger partial charge on any atom is 0.302 e. The quantitative estimate of drug-likeness (QED) is 0.690. The number of ether oxygens (including phenoxy) is 1. The molecule has 0 aromatic carbocycles. The first kappa shape index (κ1) is 17.3. The molecule has 4 aliphatic rings. The van der Waals surface area contributed by atoms with Crippen molar-refractivity contribution in [1.29, 1.82) is 0 Å². The van der Waals surface area contributed by atoms with Crippen LogP contribution in [0.15, 0.2) is 12.2 Å². The number of hydrogen-bond acceptors (Lipinski definition) is 3. The Hall–Kier alpha value is -1.12. The van der Waals surface area contributed by atoms with Gasteiger partial charge in [0.2, 0.25) is 0 Å². The second kappa shape index (κ2) is 5.96. The highest BCUT2D eigenvalue weighted by molar-refractivity contribution is 5.91. The van der Waals surface area contributed by atoms with Gasteiger partial charge < -0.3 is 4.74 Å². The summed E-state index contributed by atoms with van der Waals surface area (Å²) in [5.74, 6) is 3.52. The predicted octanol–water partition coefficient (Wildman–Crippen LogP) is 4.55. The molecule has 3 fully saturated rings. The number of carbonyl (C=O) groups is 2. The lowest BCUT2D eigenvalue weighted by molar-refractivity contribution is -0.142. The normalized spacial score (nSPS) is 48.4. The summed E-state index contributed by atoms with van der Waals surface area (Å²) in [6.45, 7) is 7.02. The second-order valence-corrected chi connectivity index (χ2v) is 9.82. The highest BCUT2D eigenvalue weighted by atomic mass is 16.5. The number of allylic oxidation sites excluding steroid dienone is 2. The SMILES string of the molecule is CC(=O)OCC1CC2C3CCC4CC(=O)C=CC4(C)C3CCC2(C)C1. The lowest BCUT2D eigenvalue weighted by Gasteiger charge is -2.58. The van der Waals surface area contributed by atoms with Gasteiger partial charge in [0, 0.05) is 13.3 Å². The van der Waals surface area contributed by atoms with Crippen molar-refractivity contribution in [3.05, 3.63) is 12.2 Å². The van der Waals surface area contributed by atoms with E-state index in [1.807, 2.05) is 6.08 Å². The Labute approximate surface area is 151 Å². The number of ketones is 1. The molecule has 0 spiro atoms. The average Bonchev–Trinajstić information content (AvgIpc) is 2.90. The van der Waals surface area contributed by atoms with Crippen molar-refractivity contribution in [2.75, 3.05) is 6.61 Å². The Bertz CT molecular complexity index is 608. The molecule has 0 amide bonds. The zero-order valence-corrected chi connectivity index (χ0v) is 15.9. The molecule has 3 nitrogen and oxygen atoms in total. The van der Waals surface area contributed by atoms with Crippen LogP contribution in [0.25, 0.3) is 0 Å². The van der Waals surface area contributed by atoms with E-state index in [0.29, 0.717) is 29.6 Å². The minimum atomic E-state index is -0.150. The smallest absolute Gasteiger partial charge is 0.302 e. The van der Waals surface area contributed by atoms with E-state index in [2.05, 4.69) is 19.9 Å². The highest BCUT2D eigenvalue weighted by Crippen LogP contribution is 2.65. The van der Waals surface area contributed by atoms with Gasteiger partial charge >= 0.3 is 5.97 Å². The number of carbonyl (C=O) groups excluding carboxylic acids is 2. The summed E-state index contributed by atoms with van der Waals surface area (Å²) in [5, 5.41) is 0. The summed E-state index contributed by atoms with van der Waals surface area (Å²) in [6.07, 6.45) is 12.4. The van der Waals surface area contributed by atoms with E-state index < -0.39 is 0 Å². The fourth-order valence-corrected chi connectivity index (χ4v) is 7.21. The lowest BCUT2D eigenvalue weighted by Crippen LogP contribution is -2.51. The maximum absolute atomic E-state index is 11.9. The van der Waals surface area contributed by atoms with E-state index in [9.17, 15) is 9.59 Å². The third-order valence-electron chi connectivity index (χ3n) is 8.42. The molecular formula is C22H32O3. The molecule has 0 radical (unpaired) electrons. The highest BCUT2D eigenvalue weighted by Gasteiger charge is 2.58. The van der Waals surface area contributed by atoms with Gasteiger partial charge in [0.15, 0.2) is 5.78 Å². The molecular weight excluding hydrogens is 312 g/mol. The fraction of sp³-hybridized carbons (Fsp3) is 0.818. The Balaban J connectivity index is 1.55. The molecule has 7 atom stereocenters. The number of esters is 1. The van der Waals surface area contributed by atoms with E-state index in [0.717, 1.165) is 24.2 Å². The molecule has 0 N–H and O–H groups in total. The number of rotatable bonds is 2. The molecule has 0 heterocycles. The van der Waals surface area contributed by atoms with Crippen LogP contribution >= 0.6 is 0 Å². The summed E-state index contributed by atoms with van der Waals surface area (Å²) in [6, 6.07) is 0. The van der Waals surface area contributed by atoms with Crippen molar-refractivity contribution < 1.29 is 14.3 Å². The molecule has 4 aliphatic carbocycles. The summed E-state index contributed by atoms with van der Waals surface area (Å²) >= 11 is 0. The molecule has 0 aliphatic heterocycles. The molecule has 0 aromatic heterocycles. The standard InChI is InChI=1S/C22H32O3/c1-14(23)25-13-15-10-20-18-5-4-16-11-17(24)6-9-22(16,3)19(18)7-8-21(20,2)12-15/h6,9,15-16,18-20H,4-5,7-8,10-13H2,1-3H3. The molecule has 4 rings (SSSR count). The summed E-state index contributed by atoms with van der Waals surface area (Å²) in [4.78, 5) is 23.1. The van der Waals surface area contributed by atoms with Crippen molar-refractivity contribution in [2.45, 2.75) is 65.7 Å². The van der Waals surface area contributed by atoms with Crippen molar-refractivity contribution in [2.24, 2.45) is 40.4 Å². The van der Waals surface area contributed by atoms with Crippen LogP contribution in [0.5, 0.6) is 0 Å². The van der Waals surface area contributed by atoms with Crippen LogP contribution in [0.1, 0.15) is 65.7 Å². The first-order chi connectivity index (χ1) is 11.8. The minimum Gasteiger partial charge on any atom is -0.466 e. The third kappa shape index (κ3) is 2.78. The van der Waals surface area contributed by atoms with Gasteiger partial charge in [-0.15, -0.1) is 0 Å². The van der Waals surface area contributed by atoms with Crippen LogP contribution < -0.4 is 0 Å². The monoisotopic (exact) mass is 344 g/mol. The molecule has 25 heavy (non-hydrogen) atoms. The van der Waals surface area contributed by atoms with E-state index in [1.54, 1.807) is 0 Å². The van der Waals surface area contributed by atoms with Crippen molar-refractivity contribution in [3.63, 3.8) is 0 Å². The van der Waals surface area contributed by atoms with Crippen LogP contribution in [0.3, 0.4) is 0 Å². The fourth-order valence-electron chi connectivity index (χ4n) is 7.21. The summed E-state index contributed by atoms with van der Waals surface area (Å²) in [5.41, 5.74) is 0.634. The Morgan fingerprint density at radius 1 is 1.24 bits per heavy atom. The van der Waals surface area contributed by atoms with Crippen molar-refractivity contribution in [3.8, 4) is 0 Å². The van der Waals surface area contributed by atoms with E-state index in [1.165, 1.54) is 45.4 Å². The Morgan fingerprint density at radius 3 is 2.80 bits per heavy atom. The molecule has 0 bridgehead atoms. The van der Waals surface area contributed by atoms with Crippen LogP contribution in [-0.4, -0.2) is 18.4 Å². The third-order valence-corrected chi connectivity index (χ3v) is 8.42. The molecule has 0 saturated heterocycles. The molecule has 0 aromatic rings. The zero-order chi connectivity index (χ0) is 17.8. The topological polar surface area (TPSA) is 43.4 Å². The molecule has 3 heteroatoms. The van der Waals surface area contributed by atoms with E-state index >= 15 is 0 Å². The zero-order valence-electron chi connectivity index (χ0n) is 15.9. The Kier molecular flexibility index (Phi) is 4.12. The van der Waals surface area contributed by atoms with Gasteiger partial charge in [-0.2, -0.15) is 0 Å². The first-order valence-electron chi connectivity index (χ1n) is 10.2. The average molecular weight is 344 g/mol. The van der Waals surface area contributed by atoms with Gasteiger partial charge in [-0.05, 0) is 85.0 Å². The van der Waals surface area contributed by atoms with Gasteiger partial charge in [0.1, 0.15) is 0 Å². The number of fused-ring (bicyclic) bond motifs is 5. The molecule has 7 unspecified atom stereocenters. The van der Waals surface area contributed by atoms with Crippen LogP contribution in [-0.2, 0) is 14.3 Å². The van der Waals surface area contributed by atoms with Gasteiger partial charge in [0.05, 0.1) is 6.61 Å². The molecule has 3 saturated carbocycles. The van der Waals surface area contributed by atoms with Crippen LogP contribution in [0.2, 0.25) is 0 Å². The number of hydrogen-bond donors (Lipinski definition) is 0. The van der Waals surface area contributed by atoms with Gasteiger partial charge in [0.25, 0.3) is 0 Å². The molecule has 138 valence electrons. The lowest BCUT2D eigenvalue weighted by atomic mass is 9.46. The van der Waals surface area contributed by atoms with Gasteiger partial charge in [-0.1, -0.05) is 19.9 Å². The van der Waals surface area contributed by atoms with Crippen LogP contribution in [0.4, 0.5) is 0 Å². The second-order valence-electron chi connectivity index (χ2n) is 9.82. The predicted molar refractivity (Wildman–Crippen MR) is 96.8 cm³/mol. The Morgan fingerprint density at radius 2 is 2.04 bits per heavy atom. The van der Waals surface area contributed by atoms with Gasteiger partial charge in [-0.25, -0.2) is 0 Å². The van der Waals surface area contributed by atoms with E-state index in [4.69, 9.17) is 4.74 Å². The van der Waals surface area contributed by atoms with Crippen molar-refractivity contribution in [1.82, 2.24) is 0 Å². The van der Waals surface area contributed by atoms with E-state index in [-0.39, 0.29) is 11.4 Å². The van der Waals surface area contributed by atoms with Crippen molar-refractivity contribution >= 4 is 11.8 Å². The maximum atomic E-state index is 11.9. The first-order valence-corrected chi connectivity index (χ1v) is 10.2. The van der Waals surface area contributed by atoms with Gasteiger partial charge in [-0.3, -0.25) is 9.59 Å².